The molecule has 1 saturated carbocycles. The van der Waals surface area contributed by atoms with E-state index >= 15 is 0 Å². The van der Waals surface area contributed by atoms with Crippen LogP contribution in [0.25, 0.3) is 0 Å². The van der Waals surface area contributed by atoms with Crippen LogP contribution in [0.1, 0.15) is 24.0 Å². The number of carbonyl (C=O) groups excluding carboxylic acids is 4. The maximum Gasteiger partial charge on any atom is 0.326 e. The summed E-state index contributed by atoms with van der Waals surface area (Å²) in [5.41, 5.74) is 2.52. The van der Waals surface area contributed by atoms with E-state index in [2.05, 4.69) is 53.1 Å². The third-order valence-electron chi connectivity index (χ3n) is 5.37. The van der Waals surface area contributed by atoms with Gasteiger partial charge in [0.2, 0.25) is 11.8 Å². The number of hydrogen-bond acceptors (Lipinski definition) is 5. The lowest BCUT2D eigenvalue weighted by atomic mass is 9.81. The van der Waals surface area contributed by atoms with Crippen LogP contribution in [0.4, 0.5) is 5.69 Å². The number of rotatable bonds is 5. The second-order valence-electron chi connectivity index (χ2n) is 7.61. The van der Waals surface area contributed by atoms with E-state index in [1.165, 1.54) is 0 Å². The van der Waals surface area contributed by atoms with Crippen molar-refractivity contribution in [3.8, 4) is 0 Å². The number of benzene rings is 1. The van der Waals surface area contributed by atoms with Crippen molar-refractivity contribution >= 4 is 77.2 Å². The minimum Gasteiger partial charge on any atom is -0.454 e. The summed E-state index contributed by atoms with van der Waals surface area (Å²) in [5.74, 6) is -2.83. The molecule has 0 aromatic heterocycles. The van der Waals surface area contributed by atoms with Crippen LogP contribution in [-0.4, -0.2) is 51.4 Å². The molecule has 162 valence electrons. The number of fused-ring (bicyclic) bond motifs is 1. The first-order valence-electron chi connectivity index (χ1n) is 9.44. The number of hydrogen-bond donors (Lipinski definition) is 1. The highest BCUT2D eigenvalue weighted by molar-refractivity contribution is 9.12. The summed E-state index contributed by atoms with van der Waals surface area (Å²) in [6.07, 6.45) is 1.07. The number of ether oxygens (including phenoxy) is 1. The highest BCUT2D eigenvalue weighted by atomic mass is 79.9. The Balaban J connectivity index is 1.53. The first-order valence-corrected chi connectivity index (χ1v) is 12.1. The van der Waals surface area contributed by atoms with Gasteiger partial charge in [0.25, 0.3) is 5.91 Å². The van der Waals surface area contributed by atoms with Gasteiger partial charge in [-0.25, -0.2) is 0 Å². The summed E-state index contributed by atoms with van der Waals surface area (Å²) in [5, 5.41) is 2.67. The van der Waals surface area contributed by atoms with Crippen molar-refractivity contribution in [3.63, 3.8) is 0 Å². The summed E-state index contributed by atoms with van der Waals surface area (Å²) in [4.78, 5) is 50.6. The highest BCUT2D eigenvalue weighted by Gasteiger charge is 2.52. The molecule has 0 radical (unpaired) electrons. The number of carbonyl (C=O) groups is 4. The molecule has 1 N–H and O–H groups in total. The molecule has 2 fully saturated rings. The van der Waals surface area contributed by atoms with Crippen molar-refractivity contribution in [2.24, 2.45) is 11.8 Å². The third kappa shape index (κ3) is 4.96. The number of nitrogens with one attached hydrogen (secondary N) is 1. The Kier molecular flexibility index (Phi) is 7.40. The molecule has 1 aromatic carbocycles. The van der Waals surface area contributed by atoms with E-state index in [1.807, 2.05) is 13.8 Å². The highest BCUT2D eigenvalue weighted by Crippen LogP contribution is 2.43. The molecule has 1 aromatic rings. The van der Waals surface area contributed by atoms with Crippen LogP contribution in [-0.2, 0) is 23.9 Å². The molecule has 0 bridgehead atoms. The standard InChI is InChI=1S/C20H21Br3N2O5/c1-9-3-11(4-10(2)18(9)23)24-16(26)8-30-17(27)7-25-19(28)12-5-14(21)15(22)6-13(12)20(25)29/h3-4,12-15H,5-8H2,1-2H3,(H,24,26)/t12-,13+,14+,15-. The number of amides is 3. The van der Waals surface area contributed by atoms with Gasteiger partial charge in [-0.3, -0.25) is 24.1 Å². The molecule has 1 aliphatic heterocycles. The van der Waals surface area contributed by atoms with Crippen molar-refractivity contribution in [2.75, 3.05) is 18.5 Å². The molecule has 1 heterocycles. The van der Waals surface area contributed by atoms with Gasteiger partial charge in [0.05, 0.1) is 11.8 Å². The zero-order chi connectivity index (χ0) is 22.2. The van der Waals surface area contributed by atoms with Crippen molar-refractivity contribution in [1.82, 2.24) is 4.90 Å². The van der Waals surface area contributed by atoms with Gasteiger partial charge in [-0.1, -0.05) is 47.8 Å². The summed E-state index contributed by atoms with van der Waals surface area (Å²) in [6.45, 7) is 2.84. The monoisotopic (exact) mass is 606 g/mol. The smallest absolute Gasteiger partial charge is 0.326 e. The van der Waals surface area contributed by atoms with E-state index in [9.17, 15) is 19.2 Å². The van der Waals surface area contributed by atoms with Crippen LogP contribution >= 0.6 is 47.8 Å². The van der Waals surface area contributed by atoms with Gasteiger partial charge >= 0.3 is 5.97 Å². The van der Waals surface area contributed by atoms with E-state index < -0.39 is 36.9 Å². The number of nitrogens with zero attached hydrogens (tertiary/aromatic N) is 1. The molecule has 7 nitrogen and oxygen atoms in total. The van der Waals surface area contributed by atoms with Crippen molar-refractivity contribution < 1.29 is 23.9 Å². The molecular formula is C20H21Br3N2O5. The molecule has 1 saturated heterocycles. The van der Waals surface area contributed by atoms with Gasteiger partial charge in [0, 0.05) is 19.8 Å². The van der Waals surface area contributed by atoms with E-state index in [1.54, 1.807) is 12.1 Å². The molecule has 0 unspecified atom stereocenters. The van der Waals surface area contributed by atoms with Crippen molar-refractivity contribution in [2.45, 2.75) is 36.3 Å². The molecule has 30 heavy (non-hydrogen) atoms. The van der Waals surface area contributed by atoms with Gasteiger partial charge in [-0.2, -0.15) is 0 Å². The first kappa shape index (κ1) is 23.4. The second-order valence-corrected chi connectivity index (χ2v) is 10.8. The Morgan fingerprint density at radius 2 is 1.57 bits per heavy atom. The van der Waals surface area contributed by atoms with Crippen LogP contribution in [0.3, 0.4) is 0 Å². The maximum atomic E-state index is 12.6. The number of likely N-dealkylation sites (tertiary alicyclic amines) is 1. The molecule has 3 amide bonds. The average molecular weight is 609 g/mol. The van der Waals surface area contributed by atoms with Gasteiger partial charge in [0.15, 0.2) is 6.61 Å². The second kappa shape index (κ2) is 9.48. The Hall–Kier alpha value is -1.26. The fraction of sp³-hybridized carbons (Fsp3) is 0.500. The topological polar surface area (TPSA) is 92.8 Å². The van der Waals surface area contributed by atoms with Gasteiger partial charge in [0.1, 0.15) is 6.54 Å². The summed E-state index contributed by atoms with van der Waals surface area (Å²) in [7, 11) is 0. The first-order chi connectivity index (χ1) is 14.1. The Bertz CT molecular complexity index is 855. The largest absolute Gasteiger partial charge is 0.454 e. The Morgan fingerprint density at radius 1 is 1.07 bits per heavy atom. The minimum atomic E-state index is -0.792. The fourth-order valence-corrected chi connectivity index (χ4v) is 5.32. The molecule has 0 spiro atoms. The molecule has 10 heteroatoms. The third-order valence-corrected chi connectivity index (χ3v) is 9.36. The summed E-state index contributed by atoms with van der Waals surface area (Å²) >= 11 is 10.5. The number of imide groups is 1. The summed E-state index contributed by atoms with van der Waals surface area (Å²) < 4.78 is 5.95. The zero-order valence-corrected chi connectivity index (χ0v) is 21.2. The van der Waals surface area contributed by atoms with Crippen LogP contribution < -0.4 is 5.32 Å². The lowest BCUT2D eigenvalue weighted by Crippen LogP contribution is -2.37. The van der Waals surface area contributed by atoms with Crippen molar-refractivity contribution in [3.05, 3.63) is 27.7 Å². The normalized spacial score (nSPS) is 25.8. The molecule has 1 aliphatic carbocycles. The Labute approximate surface area is 199 Å². The van der Waals surface area contributed by atoms with E-state index in [4.69, 9.17) is 4.74 Å². The fourth-order valence-electron chi connectivity index (χ4n) is 3.86. The number of anilines is 1. The maximum absolute atomic E-state index is 12.6. The van der Waals surface area contributed by atoms with Gasteiger partial charge in [-0.05, 0) is 49.9 Å². The minimum absolute atomic E-state index is 0.0944. The van der Waals surface area contributed by atoms with Crippen LogP contribution in [0.5, 0.6) is 0 Å². The lowest BCUT2D eigenvalue weighted by molar-refractivity contribution is -0.154. The average Bonchev–Trinajstić information content (AvgIpc) is 2.89. The van der Waals surface area contributed by atoms with E-state index in [0.29, 0.717) is 18.5 Å². The van der Waals surface area contributed by atoms with E-state index in [-0.39, 0.29) is 21.5 Å². The molecule has 2 aliphatic rings. The van der Waals surface area contributed by atoms with Crippen molar-refractivity contribution in [1.29, 1.82) is 0 Å². The predicted octanol–water partition coefficient (Wildman–Crippen LogP) is 3.47. The number of halogens is 3. The zero-order valence-electron chi connectivity index (χ0n) is 16.4. The molecule has 3 rings (SSSR count). The van der Waals surface area contributed by atoms with Crippen LogP contribution in [0.2, 0.25) is 0 Å². The predicted molar refractivity (Wildman–Crippen MR) is 122 cm³/mol. The SMILES string of the molecule is Cc1cc(NC(=O)COC(=O)CN2C(=O)[C@H]3C[C@@H](Br)[C@@H](Br)C[C@H]3C2=O)cc(C)c1Br. The van der Waals surface area contributed by atoms with Crippen LogP contribution in [0.15, 0.2) is 16.6 Å². The van der Waals surface area contributed by atoms with Crippen LogP contribution in [0, 0.1) is 25.7 Å². The molecular weight excluding hydrogens is 588 g/mol. The molecule has 4 atom stereocenters. The van der Waals surface area contributed by atoms with E-state index in [0.717, 1.165) is 20.5 Å². The number of alkyl halides is 2. The Morgan fingerprint density at radius 3 is 2.07 bits per heavy atom. The van der Waals surface area contributed by atoms with Gasteiger partial charge in [-0.15, -0.1) is 0 Å². The number of esters is 1. The van der Waals surface area contributed by atoms with Gasteiger partial charge < -0.3 is 10.1 Å². The summed E-state index contributed by atoms with van der Waals surface area (Å²) in [6, 6.07) is 3.60. The lowest BCUT2D eigenvalue weighted by Gasteiger charge is -2.29. The number of aryl methyl sites for hydroxylation is 2. The quantitative estimate of drug-likeness (QED) is 0.314.